The van der Waals surface area contributed by atoms with Gasteiger partial charge >= 0.3 is 5.97 Å². The Kier molecular flexibility index (Phi) is 5.77. The van der Waals surface area contributed by atoms with Crippen LogP contribution in [0.3, 0.4) is 0 Å². The van der Waals surface area contributed by atoms with Gasteiger partial charge in [-0.2, -0.15) is 5.10 Å². The van der Waals surface area contributed by atoms with Crippen molar-refractivity contribution in [2.45, 2.75) is 30.7 Å². The number of aromatic nitrogens is 3. The summed E-state index contributed by atoms with van der Waals surface area (Å²) in [6.07, 6.45) is 4.92. The van der Waals surface area contributed by atoms with Crippen LogP contribution in [0.4, 0.5) is 5.69 Å². The van der Waals surface area contributed by atoms with Gasteiger partial charge < -0.3 is 15.2 Å². The zero-order valence-electron chi connectivity index (χ0n) is 18.7. The molecule has 178 valence electrons. The van der Waals surface area contributed by atoms with Crippen LogP contribution in [0.5, 0.6) is 5.75 Å². The van der Waals surface area contributed by atoms with Crippen LogP contribution in [0.1, 0.15) is 29.9 Å². The lowest BCUT2D eigenvalue weighted by atomic mass is 10.1. The van der Waals surface area contributed by atoms with Crippen LogP contribution in [0.25, 0.3) is 11.1 Å². The molecule has 1 amide bonds. The molecule has 1 aromatic carbocycles. The molecule has 1 aliphatic rings. The SMILES string of the molecule is COc1ccc(-c2cnn(C(C)(C)C(=O)O)c2)cc1S(=O)(=O)Nc1cnc2c(c1)C(=O)NCC2. The van der Waals surface area contributed by atoms with E-state index in [-0.39, 0.29) is 22.2 Å². The number of nitrogens with one attached hydrogen (secondary N) is 2. The second kappa shape index (κ2) is 8.45. The fraction of sp³-hybridized carbons (Fsp3) is 0.273. The summed E-state index contributed by atoms with van der Waals surface area (Å²) in [6.45, 7) is 3.49. The van der Waals surface area contributed by atoms with Crippen molar-refractivity contribution in [1.82, 2.24) is 20.1 Å². The molecular formula is C22H23N5O6S. The van der Waals surface area contributed by atoms with Gasteiger partial charge in [0.1, 0.15) is 10.6 Å². The van der Waals surface area contributed by atoms with Gasteiger partial charge in [0.2, 0.25) is 0 Å². The molecular weight excluding hydrogens is 462 g/mol. The monoisotopic (exact) mass is 485 g/mol. The molecule has 0 bridgehead atoms. The Morgan fingerprint density at radius 3 is 2.71 bits per heavy atom. The number of benzene rings is 1. The highest BCUT2D eigenvalue weighted by Crippen LogP contribution is 2.32. The zero-order valence-corrected chi connectivity index (χ0v) is 19.5. The predicted octanol–water partition coefficient (Wildman–Crippen LogP) is 1.86. The molecule has 0 aliphatic carbocycles. The number of carbonyl (C=O) groups is 2. The molecule has 2 aromatic heterocycles. The van der Waals surface area contributed by atoms with Crippen LogP contribution in [0.15, 0.2) is 47.8 Å². The highest BCUT2D eigenvalue weighted by molar-refractivity contribution is 7.92. The van der Waals surface area contributed by atoms with E-state index < -0.39 is 21.5 Å². The quantitative estimate of drug-likeness (QED) is 0.458. The minimum atomic E-state index is -4.13. The van der Waals surface area contributed by atoms with E-state index in [2.05, 4.69) is 20.1 Å². The summed E-state index contributed by atoms with van der Waals surface area (Å²) in [5.41, 5.74) is 0.803. The number of pyridine rings is 1. The third-order valence-corrected chi connectivity index (χ3v) is 6.98. The maximum Gasteiger partial charge on any atom is 0.331 e. The number of amides is 1. The van der Waals surface area contributed by atoms with Crippen molar-refractivity contribution in [1.29, 1.82) is 0 Å². The van der Waals surface area contributed by atoms with E-state index >= 15 is 0 Å². The van der Waals surface area contributed by atoms with Crippen molar-refractivity contribution >= 4 is 27.6 Å². The van der Waals surface area contributed by atoms with Crippen molar-refractivity contribution in [2.24, 2.45) is 0 Å². The van der Waals surface area contributed by atoms with Crippen LogP contribution in [0, 0.1) is 0 Å². The molecule has 0 radical (unpaired) electrons. The maximum atomic E-state index is 13.3. The average molecular weight is 486 g/mol. The molecule has 4 rings (SSSR count). The predicted molar refractivity (Wildman–Crippen MR) is 122 cm³/mol. The van der Waals surface area contributed by atoms with E-state index in [1.807, 2.05) is 0 Å². The number of nitrogens with zero attached hydrogens (tertiary/aromatic N) is 3. The number of carbonyl (C=O) groups excluding carboxylic acids is 1. The number of hydrogen-bond acceptors (Lipinski definition) is 7. The topological polar surface area (TPSA) is 153 Å². The average Bonchev–Trinajstić information content (AvgIpc) is 3.30. The molecule has 3 N–H and O–H groups in total. The lowest BCUT2D eigenvalue weighted by molar-refractivity contribution is -0.146. The fourth-order valence-electron chi connectivity index (χ4n) is 3.49. The Bertz CT molecular complexity index is 1400. The van der Waals surface area contributed by atoms with E-state index in [4.69, 9.17) is 4.74 Å². The first kappa shape index (κ1) is 23.2. The van der Waals surface area contributed by atoms with Gasteiger partial charge in [-0.15, -0.1) is 0 Å². The Labute approximate surface area is 195 Å². The van der Waals surface area contributed by atoms with Gasteiger partial charge in [0.05, 0.1) is 36.4 Å². The molecule has 3 aromatic rings. The number of carboxylic acids is 1. The van der Waals surface area contributed by atoms with Gasteiger partial charge in [-0.1, -0.05) is 6.07 Å². The number of anilines is 1. The molecule has 0 atom stereocenters. The summed E-state index contributed by atoms with van der Waals surface area (Å²) in [5.74, 6) is -1.26. The van der Waals surface area contributed by atoms with Crippen molar-refractivity contribution in [3.8, 4) is 16.9 Å². The Balaban J connectivity index is 1.70. The van der Waals surface area contributed by atoms with Gasteiger partial charge in [0.25, 0.3) is 15.9 Å². The van der Waals surface area contributed by atoms with Crippen LogP contribution in [-0.2, 0) is 26.8 Å². The third-order valence-electron chi connectivity index (χ3n) is 5.58. The van der Waals surface area contributed by atoms with Gasteiger partial charge in [-0.05, 0) is 37.6 Å². The Morgan fingerprint density at radius 1 is 1.24 bits per heavy atom. The van der Waals surface area contributed by atoms with Crippen molar-refractivity contribution in [3.63, 3.8) is 0 Å². The molecule has 3 heterocycles. The van der Waals surface area contributed by atoms with E-state index in [1.54, 1.807) is 6.07 Å². The van der Waals surface area contributed by atoms with Gasteiger partial charge in [-0.25, -0.2) is 13.2 Å². The number of methoxy groups -OCH3 is 1. The number of fused-ring (bicyclic) bond motifs is 1. The smallest absolute Gasteiger partial charge is 0.331 e. The van der Waals surface area contributed by atoms with E-state index in [0.29, 0.717) is 35.3 Å². The lowest BCUT2D eigenvalue weighted by Gasteiger charge is -2.19. The normalized spacial score (nSPS) is 13.7. The Morgan fingerprint density at radius 2 is 2.00 bits per heavy atom. The van der Waals surface area contributed by atoms with Crippen molar-refractivity contribution in [3.05, 3.63) is 54.1 Å². The first-order valence-electron chi connectivity index (χ1n) is 10.3. The van der Waals surface area contributed by atoms with Crippen molar-refractivity contribution < 1.29 is 27.9 Å². The standard InChI is InChI=1S/C22H23N5O6S/c1-22(2,21(29)30)27-12-14(10-25-27)13-4-5-18(33-3)19(8-13)34(31,32)26-15-9-16-17(24-11-15)6-7-23-20(16)28/h4-5,8-12,26H,6-7H2,1-3H3,(H,23,28)(H,29,30). The maximum absolute atomic E-state index is 13.3. The highest BCUT2D eigenvalue weighted by Gasteiger charge is 2.30. The molecule has 11 nitrogen and oxygen atoms in total. The number of ether oxygens (including phenoxy) is 1. The van der Waals surface area contributed by atoms with Gasteiger partial charge in [0, 0.05) is 24.7 Å². The summed E-state index contributed by atoms with van der Waals surface area (Å²) >= 11 is 0. The number of carboxylic acid groups (broad SMARTS) is 1. The van der Waals surface area contributed by atoms with Crippen LogP contribution < -0.4 is 14.8 Å². The molecule has 0 spiro atoms. The summed E-state index contributed by atoms with van der Waals surface area (Å²) in [7, 11) is -2.78. The van der Waals surface area contributed by atoms with Gasteiger partial charge in [-0.3, -0.25) is 19.2 Å². The molecule has 34 heavy (non-hydrogen) atoms. The van der Waals surface area contributed by atoms with E-state index in [0.717, 1.165) is 0 Å². The molecule has 12 heteroatoms. The minimum Gasteiger partial charge on any atom is -0.495 e. The molecule has 0 fully saturated rings. The van der Waals surface area contributed by atoms with E-state index in [1.165, 1.54) is 62.4 Å². The summed E-state index contributed by atoms with van der Waals surface area (Å²) < 4.78 is 35.5. The summed E-state index contributed by atoms with van der Waals surface area (Å²) in [6, 6.07) is 6.01. The van der Waals surface area contributed by atoms with Gasteiger partial charge in [0.15, 0.2) is 5.54 Å². The minimum absolute atomic E-state index is 0.109. The second-order valence-corrected chi connectivity index (χ2v) is 9.88. The molecule has 1 aliphatic heterocycles. The number of sulfonamides is 1. The number of aliphatic carboxylic acids is 1. The first-order chi connectivity index (χ1) is 16.0. The number of rotatable bonds is 7. The zero-order chi connectivity index (χ0) is 24.7. The second-order valence-electron chi connectivity index (χ2n) is 8.23. The largest absolute Gasteiger partial charge is 0.495 e. The summed E-state index contributed by atoms with van der Waals surface area (Å²) in [5, 5.41) is 16.3. The fourth-order valence-corrected chi connectivity index (χ4v) is 4.72. The van der Waals surface area contributed by atoms with Crippen LogP contribution in [0.2, 0.25) is 0 Å². The third kappa shape index (κ3) is 4.19. The Hall–Kier alpha value is -3.93. The van der Waals surface area contributed by atoms with E-state index in [9.17, 15) is 23.1 Å². The molecule has 0 unspecified atom stereocenters. The summed E-state index contributed by atoms with van der Waals surface area (Å²) in [4.78, 5) is 27.7. The molecule has 0 saturated carbocycles. The van der Waals surface area contributed by atoms with Crippen LogP contribution in [-0.4, -0.2) is 53.8 Å². The first-order valence-corrected chi connectivity index (χ1v) is 11.8. The highest BCUT2D eigenvalue weighted by atomic mass is 32.2. The lowest BCUT2D eigenvalue weighted by Crippen LogP contribution is -2.35. The molecule has 0 saturated heterocycles. The van der Waals surface area contributed by atoms with Crippen LogP contribution >= 0.6 is 0 Å². The van der Waals surface area contributed by atoms with Crippen molar-refractivity contribution in [2.75, 3.05) is 18.4 Å². The number of hydrogen-bond donors (Lipinski definition) is 3.